The van der Waals surface area contributed by atoms with E-state index in [9.17, 15) is 0 Å². The van der Waals surface area contributed by atoms with Gasteiger partial charge < -0.3 is 4.90 Å². The summed E-state index contributed by atoms with van der Waals surface area (Å²) < 4.78 is 0. The second-order valence-corrected chi connectivity index (χ2v) is 6.88. The Morgan fingerprint density at radius 2 is 0.852 bits per heavy atom. The van der Waals surface area contributed by atoms with Gasteiger partial charge in [-0.3, -0.25) is 0 Å². The smallest absolute Gasteiger partial charge is 0.0526 e. The van der Waals surface area contributed by atoms with Gasteiger partial charge in [0, 0.05) is 25.2 Å². The molecule has 1 heteroatoms. The highest BCUT2D eigenvalue weighted by Gasteiger charge is 2.18. The maximum Gasteiger partial charge on any atom is 0.0526 e. The summed E-state index contributed by atoms with van der Waals surface area (Å²) >= 11 is 0. The van der Waals surface area contributed by atoms with Crippen molar-refractivity contribution in [2.75, 3.05) is 19.0 Å². The molecule has 4 rings (SSSR count). The third-order valence-electron chi connectivity index (χ3n) is 4.86. The first kappa shape index (κ1) is 17.1. The maximum absolute atomic E-state index is 2.26. The lowest BCUT2D eigenvalue weighted by Gasteiger charge is -2.25. The second kappa shape index (κ2) is 7.51. The third kappa shape index (κ3) is 3.37. The van der Waals surface area contributed by atoms with E-state index in [-0.39, 0.29) is 0 Å². The van der Waals surface area contributed by atoms with Gasteiger partial charge in [-0.1, -0.05) is 103 Å². The van der Waals surface area contributed by atoms with E-state index < -0.39 is 0 Å². The normalized spacial score (nSPS) is 10.6. The SMILES string of the molecule is CN(C)c1c(-c2ccccc2)ccc(-c2ccccc2)c1-c1ccccc1. The van der Waals surface area contributed by atoms with Gasteiger partial charge in [-0.05, 0) is 22.3 Å². The highest BCUT2D eigenvalue weighted by molar-refractivity contribution is 5.99. The topological polar surface area (TPSA) is 3.24 Å². The molecule has 0 N–H and O–H groups in total. The number of anilines is 1. The minimum atomic E-state index is 1.23. The zero-order chi connectivity index (χ0) is 18.6. The zero-order valence-electron chi connectivity index (χ0n) is 15.8. The van der Waals surface area contributed by atoms with Crippen LogP contribution in [-0.4, -0.2) is 14.1 Å². The van der Waals surface area contributed by atoms with Crippen molar-refractivity contribution in [1.29, 1.82) is 0 Å². The molecule has 0 aromatic heterocycles. The lowest BCUT2D eigenvalue weighted by atomic mass is 9.88. The van der Waals surface area contributed by atoms with Crippen LogP contribution in [0, 0.1) is 0 Å². The number of hydrogen-bond acceptors (Lipinski definition) is 1. The monoisotopic (exact) mass is 349 g/mol. The Labute approximate surface area is 161 Å². The molecule has 0 saturated carbocycles. The summed E-state index contributed by atoms with van der Waals surface area (Å²) in [5.74, 6) is 0. The fraction of sp³-hybridized carbons (Fsp3) is 0.0769. The Hall–Kier alpha value is -3.32. The Morgan fingerprint density at radius 1 is 0.444 bits per heavy atom. The molecule has 27 heavy (non-hydrogen) atoms. The average Bonchev–Trinajstić information content (AvgIpc) is 2.74. The number of benzene rings is 4. The Kier molecular flexibility index (Phi) is 4.76. The van der Waals surface area contributed by atoms with E-state index in [4.69, 9.17) is 0 Å². The van der Waals surface area contributed by atoms with Gasteiger partial charge in [-0.25, -0.2) is 0 Å². The van der Waals surface area contributed by atoms with Crippen LogP contribution in [0.5, 0.6) is 0 Å². The molecule has 0 unspecified atom stereocenters. The van der Waals surface area contributed by atoms with Crippen molar-refractivity contribution in [1.82, 2.24) is 0 Å². The van der Waals surface area contributed by atoms with Gasteiger partial charge in [0.2, 0.25) is 0 Å². The fourth-order valence-electron chi connectivity index (χ4n) is 3.66. The molecule has 0 aliphatic rings. The summed E-state index contributed by atoms with van der Waals surface area (Å²) in [6.07, 6.45) is 0. The summed E-state index contributed by atoms with van der Waals surface area (Å²) in [6.45, 7) is 0. The molecular formula is C26H23N. The van der Waals surface area contributed by atoms with Crippen molar-refractivity contribution < 1.29 is 0 Å². The Bertz CT molecular complexity index is 1020. The zero-order valence-corrected chi connectivity index (χ0v) is 15.8. The van der Waals surface area contributed by atoms with Crippen LogP contribution in [0.2, 0.25) is 0 Å². The summed E-state index contributed by atoms with van der Waals surface area (Å²) in [4.78, 5) is 2.23. The molecule has 0 bridgehead atoms. The molecule has 0 atom stereocenters. The van der Waals surface area contributed by atoms with Gasteiger partial charge in [0.25, 0.3) is 0 Å². The van der Waals surface area contributed by atoms with Crippen LogP contribution in [0.3, 0.4) is 0 Å². The molecule has 132 valence electrons. The van der Waals surface area contributed by atoms with Crippen LogP contribution in [0.25, 0.3) is 33.4 Å². The van der Waals surface area contributed by atoms with Crippen molar-refractivity contribution in [2.24, 2.45) is 0 Å². The highest BCUT2D eigenvalue weighted by Crippen LogP contribution is 2.44. The minimum absolute atomic E-state index is 1.23. The predicted octanol–water partition coefficient (Wildman–Crippen LogP) is 6.75. The third-order valence-corrected chi connectivity index (χ3v) is 4.86. The minimum Gasteiger partial charge on any atom is -0.377 e. The van der Waals surface area contributed by atoms with Crippen LogP contribution >= 0.6 is 0 Å². The molecule has 1 nitrogen and oxygen atoms in total. The lowest BCUT2D eigenvalue weighted by Crippen LogP contribution is -2.12. The fourth-order valence-corrected chi connectivity index (χ4v) is 3.66. The molecule has 0 spiro atoms. The molecule has 0 radical (unpaired) electrons. The summed E-state index contributed by atoms with van der Waals surface area (Å²) in [6, 6.07) is 36.5. The summed E-state index contributed by atoms with van der Waals surface area (Å²) in [5, 5.41) is 0. The van der Waals surface area contributed by atoms with Gasteiger partial charge in [-0.15, -0.1) is 0 Å². The van der Waals surface area contributed by atoms with E-state index in [0.717, 1.165) is 0 Å². The van der Waals surface area contributed by atoms with Gasteiger partial charge in [0.1, 0.15) is 0 Å². The number of rotatable bonds is 4. The van der Waals surface area contributed by atoms with Crippen LogP contribution in [0.1, 0.15) is 0 Å². The van der Waals surface area contributed by atoms with Crippen molar-refractivity contribution in [3.05, 3.63) is 103 Å². The van der Waals surface area contributed by atoms with Crippen LogP contribution in [0.4, 0.5) is 5.69 Å². The molecule has 0 aliphatic carbocycles. The Morgan fingerprint density at radius 3 is 1.33 bits per heavy atom. The first-order valence-electron chi connectivity index (χ1n) is 9.26. The Balaban J connectivity index is 2.07. The number of nitrogens with zero attached hydrogens (tertiary/aromatic N) is 1. The van der Waals surface area contributed by atoms with Crippen LogP contribution in [-0.2, 0) is 0 Å². The second-order valence-electron chi connectivity index (χ2n) is 6.88. The molecule has 0 heterocycles. The maximum atomic E-state index is 2.26. The van der Waals surface area contributed by atoms with Crippen molar-refractivity contribution in [2.45, 2.75) is 0 Å². The predicted molar refractivity (Wildman–Crippen MR) is 117 cm³/mol. The van der Waals surface area contributed by atoms with Gasteiger partial charge in [-0.2, -0.15) is 0 Å². The molecule has 0 fully saturated rings. The first-order valence-corrected chi connectivity index (χ1v) is 9.26. The number of hydrogen-bond donors (Lipinski definition) is 0. The first-order chi connectivity index (χ1) is 13.3. The van der Waals surface area contributed by atoms with Gasteiger partial charge in [0.15, 0.2) is 0 Å². The van der Waals surface area contributed by atoms with Crippen molar-refractivity contribution in [3.8, 4) is 33.4 Å². The molecule has 4 aromatic rings. The van der Waals surface area contributed by atoms with E-state index >= 15 is 0 Å². The quantitative estimate of drug-likeness (QED) is 0.394. The summed E-state index contributed by atoms with van der Waals surface area (Å²) in [5.41, 5.74) is 8.72. The van der Waals surface area contributed by atoms with E-state index in [2.05, 4.69) is 122 Å². The molecule has 4 aromatic carbocycles. The molecule has 0 amide bonds. The van der Waals surface area contributed by atoms with Crippen molar-refractivity contribution in [3.63, 3.8) is 0 Å². The lowest BCUT2D eigenvalue weighted by molar-refractivity contribution is 1.13. The molecule has 0 aliphatic heterocycles. The van der Waals surface area contributed by atoms with E-state index in [1.165, 1.54) is 39.1 Å². The summed E-state index contributed by atoms with van der Waals surface area (Å²) in [7, 11) is 4.26. The van der Waals surface area contributed by atoms with Crippen LogP contribution < -0.4 is 4.90 Å². The standard InChI is InChI=1S/C26H23N/c1-27(2)26-24(21-14-8-4-9-15-21)19-18-23(20-12-6-3-7-13-20)25(26)22-16-10-5-11-17-22/h3-19H,1-2H3. The highest BCUT2D eigenvalue weighted by atomic mass is 15.1. The van der Waals surface area contributed by atoms with E-state index in [0.29, 0.717) is 0 Å². The van der Waals surface area contributed by atoms with E-state index in [1.54, 1.807) is 0 Å². The van der Waals surface area contributed by atoms with Crippen molar-refractivity contribution >= 4 is 5.69 Å². The van der Waals surface area contributed by atoms with Gasteiger partial charge >= 0.3 is 0 Å². The molecular weight excluding hydrogens is 326 g/mol. The molecule has 0 saturated heterocycles. The van der Waals surface area contributed by atoms with Gasteiger partial charge in [0.05, 0.1) is 5.69 Å². The average molecular weight is 349 g/mol. The largest absolute Gasteiger partial charge is 0.377 e. The van der Waals surface area contributed by atoms with Crippen LogP contribution in [0.15, 0.2) is 103 Å². The van der Waals surface area contributed by atoms with E-state index in [1.807, 2.05) is 0 Å².